The summed E-state index contributed by atoms with van der Waals surface area (Å²) in [6.07, 6.45) is 1.49. The van der Waals surface area contributed by atoms with Crippen LogP contribution < -0.4 is 16.4 Å². The van der Waals surface area contributed by atoms with E-state index in [0.717, 1.165) is 11.1 Å². The number of rotatable bonds is 7. The van der Waals surface area contributed by atoms with E-state index in [-0.39, 0.29) is 30.5 Å². The minimum Gasteiger partial charge on any atom is -0.366 e. The third-order valence-corrected chi connectivity index (χ3v) is 5.02. The quantitative estimate of drug-likeness (QED) is 0.405. The first-order valence-corrected chi connectivity index (χ1v) is 10.1. The van der Waals surface area contributed by atoms with Gasteiger partial charge in [-0.25, -0.2) is 9.37 Å². The number of fused-ring (bicyclic) bond motifs is 1. The van der Waals surface area contributed by atoms with Crippen molar-refractivity contribution in [1.29, 1.82) is 0 Å². The number of hydrogen-bond acceptors (Lipinski definition) is 4. The number of nitrogens with two attached hydrogens (primary N) is 1. The van der Waals surface area contributed by atoms with Gasteiger partial charge in [0.2, 0.25) is 5.91 Å². The van der Waals surface area contributed by atoms with Crippen molar-refractivity contribution in [1.82, 2.24) is 20.0 Å². The number of benzene rings is 2. The predicted molar refractivity (Wildman–Crippen MR) is 119 cm³/mol. The summed E-state index contributed by atoms with van der Waals surface area (Å²) in [6.45, 7) is 0.461. The molecule has 0 spiro atoms. The molecule has 4 rings (SSSR count). The average Bonchev–Trinajstić information content (AvgIpc) is 3.27. The summed E-state index contributed by atoms with van der Waals surface area (Å²) >= 11 is 0. The van der Waals surface area contributed by atoms with Crippen LogP contribution in [0.25, 0.3) is 5.65 Å². The summed E-state index contributed by atoms with van der Waals surface area (Å²) in [6, 6.07) is 17.4. The van der Waals surface area contributed by atoms with Gasteiger partial charge in [0, 0.05) is 24.8 Å². The SMILES string of the molecule is NC(=O)c1ccc(CNC(=O)c2cccc3nc(C(=O)NCc4ccc(F)cc4)cn23)cc1. The van der Waals surface area contributed by atoms with Crippen LogP contribution in [0.4, 0.5) is 4.39 Å². The van der Waals surface area contributed by atoms with Crippen molar-refractivity contribution < 1.29 is 18.8 Å². The third-order valence-electron chi connectivity index (χ3n) is 5.02. The maximum Gasteiger partial charge on any atom is 0.271 e. The van der Waals surface area contributed by atoms with Crippen molar-refractivity contribution in [2.24, 2.45) is 5.73 Å². The van der Waals surface area contributed by atoms with Gasteiger partial charge in [-0.3, -0.25) is 18.8 Å². The minimum atomic E-state index is -0.519. The molecule has 4 aromatic rings. The monoisotopic (exact) mass is 445 g/mol. The number of nitrogens with one attached hydrogen (secondary N) is 2. The highest BCUT2D eigenvalue weighted by Crippen LogP contribution is 2.11. The van der Waals surface area contributed by atoms with Crippen LogP contribution in [0.15, 0.2) is 72.9 Å². The van der Waals surface area contributed by atoms with Gasteiger partial charge in [0.1, 0.15) is 22.9 Å². The molecule has 8 nitrogen and oxygen atoms in total. The lowest BCUT2D eigenvalue weighted by Gasteiger charge is -2.08. The van der Waals surface area contributed by atoms with Gasteiger partial charge in [-0.1, -0.05) is 30.3 Å². The molecule has 0 aliphatic rings. The number of nitrogens with zero attached hydrogens (tertiary/aromatic N) is 2. The molecule has 0 saturated heterocycles. The highest BCUT2D eigenvalue weighted by Gasteiger charge is 2.15. The number of pyridine rings is 1. The molecule has 9 heteroatoms. The van der Waals surface area contributed by atoms with Gasteiger partial charge >= 0.3 is 0 Å². The Labute approximate surface area is 188 Å². The number of carbonyl (C=O) groups excluding carboxylic acids is 3. The summed E-state index contributed by atoms with van der Waals surface area (Å²) in [5, 5.41) is 5.54. The first-order valence-electron chi connectivity index (χ1n) is 10.1. The molecule has 0 saturated carbocycles. The Kier molecular flexibility index (Phi) is 6.12. The molecule has 0 atom stereocenters. The molecule has 0 aliphatic carbocycles. The molecule has 0 radical (unpaired) electrons. The Balaban J connectivity index is 1.44. The zero-order valence-electron chi connectivity index (χ0n) is 17.4. The van der Waals surface area contributed by atoms with E-state index in [4.69, 9.17) is 5.73 Å². The van der Waals surface area contributed by atoms with Gasteiger partial charge < -0.3 is 16.4 Å². The number of hydrogen-bond donors (Lipinski definition) is 3. The Morgan fingerprint density at radius 3 is 2.09 bits per heavy atom. The number of aromatic nitrogens is 2. The molecule has 0 aliphatic heterocycles. The second-order valence-electron chi connectivity index (χ2n) is 7.32. The molecule has 0 fully saturated rings. The highest BCUT2D eigenvalue weighted by atomic mass is 19.1. The summed E-state index contributed by atoms with van der Waals surface area (Å²) in [5.74, 6) is -1.63. The Bertz CT molecular complexity index is 1330. The van der Waals surface area contributed by atoms with E-state index in [9.17, 15) is 18.8 Å². The van der Waals surface area contributed by atoms with Crippen LogP contribution in [0.5, 0.6) is 0 Å². The van der Waals surface area contributed by atoms with Crippen LogP contribution in [0.1, 0.15) is 42.5 Å². The summed E-state index contributed by atoms with van der Waals surface area (Å²) in [4.78, 5) is 40.7. The number of primary amides is 1. The molecule has 2 aromatic heterocycles. The summed E-state index contributed by atoms with van der Waals surface area (Å²) in [5.41, 5.74) is 8.07. The zero-order valence-corrected chi connectivity index (χ0v) is 17.4. The van der Waals surface area contributed by atoms with Crippen molar-refractivity contribution in [3.05, 3.63) is 107 Å². The van der Waals surface area contributed by atoms with Crippen molar-refractivity contribution >= 4 is 23.4 Å². The lowest BCUT2D eigenvalue weighted by molar-refractivity contribution is 0.0935. The zero-order chi connectivity index (χ0) is 23.4. The fraction of sp³-hybridized carbons (Fsp3) is 0.0833. The Morgan fingerprint density at radius 2 is 1.45 bits per heavy atom. The molecule has 3 amide bonds. The number of amides is 3. The molecule has 2 aromatic carbocycles. The van der Waals surface area contributed by atoms with Crippen LogP contribution in [0.3, 0.4) is 0 Å². The summed E-state index contributed by atoms with van der Waals surface area (Å²) in [7, 11) is 0. The number of carbonyl (C=O) groups is 3. The molecule has 0 bridgehead atoms. The van der Waals surface area contributed by atoms with E-state index in [1.165, 1.54) is 18.3 Å². The maximum atomic E-state index is 13.0. The van der Waals surface area contributed by atoms with Gasteiger partial charge in [-0.2, -0.15) is 0 Å². The van der Waals surface area contributed by atoms with Crippen LogP contribution in [-0.2, 0) is 13.1 Å². The van der Waals surface area contributed by atoms with Crippen molar-refractivity contribution in [2.45, 2.75) is 13.1 Å². The van der Waals surface area contributed by atoms with Crippen molar-refractivity contribution in [3.63, 3.8) is 0 Å². The van der Waals surface area contributed by atoms with Gasteiger partial charge in [0.15, 0.2) is 0 Å². The van der Waals surface area contributed by atoms with Crippen molar-refractivity contribution in [2.75, 3.05) is 0 Å². The normalized spacial score (nSPS) is 10.7. The lowest BCUT2D eigenvalue weighted by atomic mass is 10.1. The first kappa shape index (κ1) is 21.7. The minimum absolute atomic E-state index is 0.152. The fourth-order valence-electron chi connectivity index (χ4n) is 3.24. The topological polar surface area (TPSA) is 119 Å². The van der Waals surface area contributed by atoms with E-state index in [1.807, 2.05) is 0 Å². The van der Waals surface area contributed by atoms with Crippen LogP contribution in [0.2, 0.25) is 0 Å². The standard InChI is InChI=1S/C24H20FN5O3/c25-18-10-6-16(7-11-18)12-27-23(32)19-14-30-20(2-1-3-21(30)29-19)24(33)28-13-15-4-8-17(9-5-15)22(26)31/h1-11,14H,12-13H2,(H2,26,31)(H,27,32)(H,28,33). The van der Waals surface area contributed by atoms with Gasteiger partial charge in [-0.05, 0) is 47.5 Å². The lowest BCUT2D eigenvalue weighted by Crippen LogP contribution is -2.25. The highest BCUT2D eigenvalue weighted by molar-refractivity contribution is 5.95. The van der Waals surface area contributed by atoms with Crippen LogP contribution >= 0.6 is 0 Å². The van der Waals surface area contributed by atoms with Crippen LogP contribution in [0, 0.1) is 5.82 Å². The van der Waals surface area contributed by atoms with E-state index >= 15 is 0 Å². The second-order valence-corrected chi connectivity index (χ2v) is 7.32. The van der Waals surface area contributed by atoms with E-state index in [2.05, 4.69) is 15.6 Å². The molecule has 4 N–H and O–H groups in total. The number of halogens is 1. The van der Waals surface area contributed by atoms with Gasteiger partial charge in [0.05, 0.1) is 0 Å². The van der Waals surface area contributed by atoms with Crippen molar-refractivity contribution in [3.8, 4) is 0 Å². The molecular weight excluding hydrogens is 425 g/mol. The Morgan fingerprint density at radius 1 is 0.848 bits per heavy atom. The predicted octanol–water partition coefficient (Wildman–Crippen LogP) is 2.43. The first-order chi connectivity index (χ1) is 15.9. The molecule has 166 valence electrons. The molecule has 0 unspecified atom stereocenters. The van der Waals surface area contributed by atoms with Crippen LogP contribution in [-0.4, -0.2) is 27.1 Å². The Hall–Kier alpha value is -4.53. The van der Waals surface area contributed by atoms with E-state index in [1.54, 1.807) is 59.0 Å². The third kappa shape index (κ3) is 5.04. The molecular formula is C24H20FN5O3. The van der Waals surface area contributed by atoms with Gasteiger partial charge in [-0.15, -0.1) is 0 Å². The maximum absolute atomic E-state index is 13.0. The molecule has 33 heavy (non-hydrogen) atoms. The number of imidazole rings is 1. The average molecular weight is 445 g/mol. The smallest absolute Gasteiger partial charge is 0.271 e. The fourth-order valence-corrected chi connectivity index (χ4v) is 3.24. The molecule has 2 heterocycles. The van der Waals surface area contributed by atoms with E-state index in [0.29, 0.717) is 16.9 Å². The largest absolute Gasteiger partial charge is 0.366 e. The second kappa shape index (κ2) is 9.31. The van der Waals surface area contributed by atoms with E-state index < -0.39 is 11.8 Å². The van der Waals surface area contributed by atoms with Gasteiger partial charge in [0.25, 0.3) is 11.8 Å². The summed E-state index contributed by atoms with van der Waals surface area (Å²) < 4.78 is 14.6.